The van der Waals surface area contributed by atoms with Gasteiger partial charge in [-0.05, 0) is 47.4 Å². The molecule has 130 valence electrons. The Labute approximate surface area is 150 Å². The van der Waals surface area contributed by atoms with Crippen LogP contribution in [0.15, 0.2) is 72.8 Å². The van der Waals surface area contributed by atoms with Crippen LogP contribution in [0.4, 0.5) is 8.78 Å². The molecule has 1 aliphatic rings. The summed E-state index contributed by atoms with van der Waals surface area (Å²) in [6, 6.07) is 19.7. The van der Waals surface area contributed by atoms with Crippen molar-refractivity contribution < 1.29 is 13.6 Å². The number of rotatable bonds is 2. The Bertz CT molecular complexity index is 952. The van der Waals surface area contributed by atoms with Crippen molar-refractivity contribution in [3.8, 4) is 0 Å². The maximum absolute atomic E-state index is 14.2. The number of halogens is 2. The van der Waals surface area contributed by atoms with Crippen molar-refractivity contribution in [2.75, 3.05) is 6.54 Å². The topological polar surface area (TPSA) is 20.3 Å². The van der Waals surface area contributed by atoms with Crippen molar-refractivity contribution in [1.29, 1.82) is 0 Å². The molecule has 2 nitrogen and oxygen atoms in total. The molecule has 3 aromatic carbocycles. The van der Waals surface area contributed by atoms with Crippen molar-refractivity contribution in [3.63, 3.8) is 0 Å². The Hall–Kier alpha value is -3.01. The summed E-state index contributed by atoms with van der Waals surface area (Å²) in [6.45, 7) is 0.478. The first-order valence-electron chi connectivity index (χ1n) is 8.54. The predicted octanol–water partition coefficient (Wildman–Crippen LogP) is 4.75. The van der Waals surface area contributed by atoms with Crippen molar-refractivity contribution in [1.82, 2.24) is 4.90 Å². The molecule has 0 N–H and O–H groups in total. The van der Waals surface area contributed by atoms with Gasteiger partial charge in [-0.2, -0.15) is 0 Å². The first-order chi connectivity index (χ1) is 12.6. The van der Waals surface area contributed by atoms with Gasteiger partial charge in [-0.15, -0.1) is 0 Å². The van der Waals surface area contributed by atoms with E-state index in [9.17, 15) is 13.6 Å². The van der Waals surface area contributed by atoms with E-state index in [2.05, 4.69) is 0 Å². The fourth-order valence-corrected chi connectivity index (χ4v) is 3.58. The summed E-state index contributed by atoms with van der Waals surface area (Å²) in [7, 11) is 0. The molecule has 3 aromatic rings. The maximum atomic E-state index is 14.2. The lowest BCUT2D eigenvalue weighted by Crippen LogP contribution is -2.41. The molecule has 0 aliphatic carbocycles. The summed E-state index contributed by atoms with van der Waals surface area (Å²) in [5.41, 5.74) is 3.01. The van der Waals surface area contributed by atoms with Gasteiger partial charge in [-0.25, -0.2) is 8.78 Å². The van der Waals surface area contributed by atoms with Gasteiger partial charge in [0.15, 0.2) is 0 Å². The third kappa shape index (κ3) is 2.88. The van der Waals surface area contributed by atoms with E-state index in [1.54, 1.807) is 29.2 Å². The standard InChI is InChI=1S/C22H17F2NO/c23-17-11-9-16(10-12-17)21-18-6-2-1-5-15(18)13-14-25(21)22(26)19-7-3-4-8-20(19)24/h1-12,21H,13-14H2. The van der Waals surface area contributed by atoms with Crippen LogP contribution in [-0.2, 0) is 6.42 Å². The van der Waals surface area contributed by atoms with E-state index >= 15 is 0 Å². The van der Waals surface area contributed by atoms with Gasteiger partial charge in [0.25, 0.3) is 5.91 Å². The molecule has 1 heterocycles. The molecule has 0 saturated heterocycles. The van der Waals surface area contributed by atoms with Crippen LogP contribution in [0.1, 0.15) is 33.1 Å². The van der Waals surface area contributed by atoms with E-state index < -0.39 is 5.82 Å². The van der Waals surface area contributed by atoms with Crippen LogP contribution in [0.25, 0.3) is 0 Å². The molecular weight excluding hydrogens is 332 g/mol. The van der Waals surface area contributed by atoms with E-state index in [0.29, 0.717) is 13.0 Å². The molecular formula is C22H17F2NO. The SMILES string of the molecule is O=C(c1ccccc1F)N1CCc2ccccc2C1c1ccc(F)cc1. The second-order valence-electron chi connectivity index (χ2n) is 6.38. The average Bonchev–Trinajstić information content (AvgIpc) is 2.68. The Morgan fingerprint density at radius 1 is 0.885 bits per heavy atom. The zero-order valence-electron chi connectivity index (χ0n) is 14.0. The van der Waals surface area contributed by atoms with Crippen molar-refractivity contribution in [3.05, 3.63) is 107 Å². The molecule has 4 heteroatoms. The third-order valence-electron chi connectivity index (χ3n) is 4.83. The highest BCUT2D eigenvalue weighted by Gasteiger charge is 2.33. The van der Waals surface area contributed by atoms with Gasteiger partial charge >= 0.3 is 0 Å². The summed E-state index contributed by atoms with van der Waals surface area (Å²) >= 11 is 0. The fourth-order valence-electron chi connectivity index (χ4n) is 3.58. The Balaban J connectivity index is 1.82. The molecule has 0 saturated carbocycles. The number of hydrogen-bond acceptors (Lipinski definition) is 1. The second kappa shape index (κ2) is 6.71. The van der Waals surface area contributed by atoms with Crippen LogP contribution >= 0.6 is 0 Å². The van der Waals surface area contributed by atoms with Gasteiger partial charge in [0, 0.05) is 6.54 Å². The lowest BCUT2D eigenvalue weighted by atomic mass is 9.87. The number of benzene rings is 3. The molecule has 0 bridgehead atoms. The summed E-state index contributed by atoms with van der Waals surface area (Å²) in [5.74, 6) is -1.22. The highest BCUT2D eigenvalue weighted by Crippen LogP contribution is 2.36. The van der Waals surface area contributed by atoms with Crippen LogP contribution < -0.4 is 0 Å². The Morgan fingerprint density at radius 2 is 1.58 bits per heavy atom. The molecule has 26 heavy (non-hydrogen) atoms. The second-order valence-corrected chi connectivity index (χ2v) is 6.38. The number of carbonyl (C=O) groups excluding carboxylic acids is 1. The van der Waals surface area contributed by atoms with Crippen LogP contribution in [0, 0.1) is 11.6 Å². The highest BCUT2D eigenvalue weighted by atomic mass is 19.1. The minimum absolute atomic E-state index is 0.0546. The predicted molar refractivity (Wildman–Crippen MR) is 95.8 cm³/mol. The summed E-state index contributed by atoms with van der Waals surface area (Å²) in [5, 5.41) is 0. The number of nitrogens with zero attached hydrogens (tertiary/aromatic N) is 1. The maximum Gasteiger partial charge on any atom is 0.257 e. The summed E-state index contributed by atoms with van der Waals surface area (Å²) in [6.07, 6.45) is 0.702. The van der Waals surface area contributed by atoms with Gasteiger partial charge in [-0.1, -0.05) is 48.5 Å². The zero-order valence-corrected chi connectivity index (χ0v) is 14.0. The minimum Gasteiger partial charge on any atom is -0.327 e. The fraction of sp³-hybridized carbons (Fsp3) is 0.136. The quantitative estimate of drug-likeness (QED) is 0.654. The molecule has 1 aliphatic heterocycles. The Kier molecular flexibility index (Phi) is 4.25. The molecule has 1 unspecified atom stereocenters. The van der Waals surface area contributed by atoms with Gasteiger partial charge < -0.3 is 4.90 Å². The molecule has 1 amide bonds. The van der Waals surface area contributed by atoms with Crippen LogP contribution in [-0.4, -0.2) is 17.4 Å². The molecule has 0 spiro atoms. The van der Waals surface area contributed by atoms with Crippen LogP contribution in [0.2, 0.25) is 0 Å². The molecule has 0 aromatic heterocycles. The van der Waals surface area contributed by atoms with Gasteiger partial charge in [0.1, 0.15) is 11.6 Å². The number of hydrogen-bond donors (Lipinski definition) is 0. The molecule has 1 atom stereocenters. The largest absolute Gasteiger partial charge is 0.327 e. The molecule has 0 radical (unpaired) electrons. The van der Waals surface area contributed by atoms with E-state index in [-0.39, 0.29) is 23.3 Å². The number of amides is 1. The average molecular weight is 349 g/mol. The van der Waals surface area contributed by atoms with Crippen molar-refractivity contribution >= 4 is 5.91 Å². The van der Waals surface area contributed by atoms with Gasteiger partial charge in [0.2, 0.25) is 0 Å². The van der Waals surface area contributed by atoms with Crippen molar-refractivity contribution in [2.24, 2.45) is 0 Å². The highest BCUT2D eigenvalue weighted by molar-refractivity contribution is 5.95. The van der Waals surface area contributed by atoms with E-state index in [4.69, 9.17) is 0 Å². The zero-order chi connectivity index (χ0) is 18.1. The third-order valence-corrected chi connectivity index (χ3v) is 4.83. The number of carbonyl (C=O) groups is 1. The van der Waals surface area contributed by atoms with Gasteiger partial charge in [0.05, 0.1) is 11.6 Å². The monoisotopic (exact) mass is 349 g/mol. The lowest BCUT2D eigenvalue weighted by Gasteiger charge is -2.38. The van der Waals surface area contributed by atoms with Crippen molar-refractivity contribution in [2.45, 2.75) is 12.5 Å². The van der Waals surface area contributed by atoms with Crippen LogP contribution in [0.3, 0.4) is 0 Å². The Morgan fingerprint density at radius 3 is 2.35 bits per heavy atom. The van der Waals surface area contributed by atoms with E-state index in [0.717, 1.165) is 16.7 Å². The summed E-state index contributed by atoms with van der Waals surface area (Å²) in [4.78, 5) is 14.8. The number of fused-ring (bicyclic) bond motifs is 1. The minimum atomic E-state index is -0.533. The van der Waals surface area contributed by atoms with Gasteiger partial charge in [-0.3, -0.25) is 4.79 Å². The lowest BCUT2D eigenvalue weighted by molar-refractivity contribution is 0.0690. The van der Waals surface area contributed by atoms with Crippen LogP contribution in [0.5, 0.6) is 0 Å². The van der Waals surface area contributed by atoms with E-state index in [1.807, 2.05) is 24.3 Å². The smallest absolute Gasteiger partial charge is 0.257 e. The first-order valence-corrected chi connectivity index (χ1v) is 8.54. The normalized spacial score (nSPS) is 16.2. The van der Waals surface area contributed by atoms with E-state index in [1.165, 1.54) is 24.3 Å². The molecule has 0 fully saturated rings. The molecule has 4 rings (SSSR count). The first kappa shape index (κ1) is 16.5. The summed E-state index contributed by atoms with van der Waals surface area (Å²) < 4.78 is 27.6.